The Morgan fingerprint density at radius 2 is 1.94 bits per heavy atom. The van der Waals surface area contributed by atoms with Crippen LogP contribution < -0.4 is 4.74 Å². The second-order valence-electron chi connectivity index (χ2n) is 3.47. The van der Waals surface area contributed by atoms with Gasteiger partial charge in [-0.15, -0.1) is 12.4 Å². The highest BCUT2D eigenvalue weighted by molar-refractivity contribution is 5.85. The fourth-order valence-electron chi connectivity index (χ4n) is 1.06. The van der Waals surface area contributed by atoms with Crippen molar-refractivity contribution in [3.63, 3.8) is 0 Å². The van der Waals surface area contributed by atoms with Gasteiger partial charge < -0.3 is 14.8 Å². The summed E-state index contributed by atoms with van der Waals surface area (Å²) in [5, 5.41) is 11.3. The van der Waals surface area contributed by atoms with Gasteiger partial charge in [0, 0.05) is 6.54 Å². The van der Waals surface area contributed by atoms with Gasteiger partial charge in [-0.2, -0.15) is 0 Å². The molecule has 1 aromatic rings. The molecule has 0 saturated carbocycles. The van der Waals surface area contributed by atoms with Gasteiger partial charge in [-0.05, 0) is 43.9 Å². The average Bonchev–Trinajstić information content (AvgIpc) is 2.20. The molecule has 90 valence electrons. The Morgan fingerprint density at radius 1 is 1.31 bits per heavy atom. The zero-order chi connectivity index (χ0) is 11.1. The normalized spacial score (nSPS) is 10.4. The van der Waals surface area contributed by atoms with Gasteiger partial charge in [-0.1, -0.05) is 5.16 Å². The third kappa shape index (κ3) is 5.58. The van der Waals surface area contributed by atoms with Crippen LogP contribution in [0.3, 0.4) is 0 Å². The van der Waals surface area contributed by atoms with Gasteiger partial charge in [-0.25, -0.2) is 0 Å². The second kappa shape index (κ2) is 7.96. The van der Waals surface area contributed by atoms with Crippen molar-refractivity contribution in [2.24, 2.45) is 5.16 Å². The van der Waals surface area contributed by atoms with E-state index in [1.54, 1.807) is 0 Å². The summed E-state index contributed by atoms with van der Waals surface area (Å²) in [6, 6.07) is 7.38. The molecule has 5 heteroatoms. The maximum absolute atomic E-state index is 8.32. The van der Waals surface area contributed by atoms with Crippen molar-refractivity contribution in [3.05, 3.63) is 29.8 Å². The van der Waals surface area contributed by atoms with E-state index in [4.69, 9.17) is 9.94 Å². The quantitative estimate of drug-likeness (QED) is 0.489. The first-order valence-electron chi connectivity index (χ1n) is 4.77. The lowest BCUT2D eigenvalue weighted by atomic mass is 10.2. The van der Waals surface area contributed by atoms with Gasteiger partial charge >= 0.3 is 0 Å². The van der Waals surface area contributed by atoms with Crippen molar-refractivity contribution in [1.29, 1.82) is 0 Å². The lowest BCUT2D eigenvalue weighted by molar-refractivity contribution is 0.261. The summed E-state index contributed by atoms with van der Waals surface area (Å²) in [5.41, 5.74) is 0.845. The minimum atomic E-state index is 0. The van der Waals surface area contributed by atoms with Crippen LogP contribution in [0.25, 0.3) is 0 Å². The number of hydrogen-bond donors (Lipinski definition) is 1. The SMILES string of the molecule is CN(C)CCOc1ccc(/C=N/O)cc1.Cl. The minimum Gasteiger partial charge on any atom is -0.492 e. The third-order valence-electron chi connectivity index (χ3n) is 1.89. The number of hydrogen-bond acceptors (Lipinski definition) is 4. The molecule has 0 fully saturated rings. The van der Waals surface area contributed by atoms with Gasteiger partial charge in [-0.3, -0.25) is 0 Å². The minimum absolute atomic E-state index is 0. The largest absolute Gasteiger partial charge is 0.492 e. The van der Waals surface area contributed by atoms with E-state index in [0.717, 1.165) is 17.9 Å². The van der Waals surface area contributed by atoms with E-state index in [-0.39, 0.29) is 12.4 Å². The molecule has 0 heterocycles. The average molecular weight is 245 g/mol. The number of halogens is 1. The number of likely N-dealkylation sites (N-methyl/N-ethyl adjacent to an activating group) is 1. The van der Waals surface area contributed by atoms with Crippen LogP contribution in [0.1, 0.15) is 5.56 Å². The molecule has 4 nitrogen and oxygen atoms in total. The highest BCUT2D eigenvalue weighted by Gasteiger charge is 1.94. The Balaban J connectivity index is 0.00000225. The van der Waals surface area contributed by atoms with Crippen LogP contribution in [0.15, 0.2) is 29.4 Å². The number of ether oxygens (including phenoxy) is 1. The summed E-state index contributed by atoms with van der Waals surface area (Å²) >= 11 is 0. The molecule has 1 rings (SSSR count). The summed E-state index contributed by atoms with van der Waals surface area (Å²) in [7, 11) is 4.01. The molecule has 16 heavy (non-hydrogen) atoms. The molecular formula is C11H17ClN2O2. The Labute approximate surface area is 102 Å². The van der Waals surface area contributed by atoms with Crippen molar-refractivity contribution in [1.82, 2.24) is 4.90 Å². The first kappa shape index (κ1) is 14.7. The third-order valence-corrected chi connectivity index (χ3v) is 1.89. The van der Waals surface area contributed by atoms with Crippen LogP contribution in [0.5, 0.6) is 5.75 Å². The molecule has 0 amide bonds. The predicted molar refractivity (Wildman–Crippen MR) is 67.1 cm³/mol. The van der Waals surface area contributed by atoms with Crippen molar-refractivity contribution < 1.29 is 9.94 Å². The molecule has 0 unspecified atom stereocenters. The summed E-state index contributed by atoms with van der Waals surface area (Å²) in [4.78, 5) is 2.06. The van der Waals surface area contributed by atoms with Crippen LogP contribution in [0.2, 0.25) is 0 Å². The van der Waals surface area contributed by atoms with E-state index in [1.165, 1.54) is 6.21 Å². The highest BCUT2D eigenvalue weighted by Crippen LogP contribution is 2.10. The van der Waals surface area contributed by atoms with Gasteiger partial charge in [0.05, 0.1) is 6.21 Å². The predicted octanol–water partition coefficient (Wildman–Crippen LogP) is 1.86. The lowest BCUT2D eigenvalue weighted by Crippen LogP contribution is -2.19. The molecule has 1 N–H and O–H groups in total. The van der Waals surface area contributed by atoms with Crippen LogP contribution in [0, 0.1) is 0 Å². The Kier molecular flexibility index (Phi) is 7.33. The van der Waals surface area contributed by atoms with Crippen molar-refractivity contribution in [3.8, 4) is 5.75 Å². The molecule has 0 radical (unpaired) electrons. The van der Waals surface area contributed by atoms with Crippen molar-refractivity contribution >= 4 is 18.6 Å². The smallest absolute Gasteiger partial charge is 0.119 e. The first-order chi connectivity index (χ1) is 7.22. The van der Waals surface area contributed by atoms with Crippen LogP contribution in [0.4, 0.5) is 0 Å². The molecule has 0 aromatic heterocycles. The van der Waals surface area contributed by atoms with E-state index in [2.05, 4.69) is 10.1 Å². The van der Waals surface area contributed by atoms with Crippen molar-refractivity contribution in [2.45, 2.75) is 0 Å². The second-order valence-corrected chi connectivity index (χ2v) is 3.47. The lowest BCUT2D eigenvalue weighted by Gasteiger charge is -2.10. The maximum atomic E-state index is 8.32. The van der Waals surface area contributed by atoms with Gasteiger partial charge in [0.15, 0.2) is 0 Å². The van der Waals surface area contributed by atoms with Gasteiger partial charge in [0.25, 0.3) is 0 Å². The Bertz CT molecular complexity index is 312. The van der Waals surface area contributed by atoms with Gasteiger partial charge in [0.2, 0.25) is 0 Å². The molecule has 0 aliphatic rings. The molecule has 0 saturated heterocycles. The fraction of sp³-hybridized carbons (Fsp3) is 0.364. The molecule has 0 aliphatic heterocycles. The van der Waals surface area contributed by atoms with E-state index in [1.807, 2.05) is 38.4 Å². The van der Waals surface area contributed by atoms with E-state index in [0.29, 0.717) is 6.61 Å². The molecule has 0 atom stereocenters. The fourth-order valence-corrected chi connectivity index (χ4v) is 1.06. The van der Waals surface area contributed by atoms with Crippen LogP contribution in [-0.4, -0.2) is 43.6 Å². The van der Waals surface area contributed by atoms with E-state index < -0.39 is 0 Å². The van der Waals surface area contributed by atoms with Crippen LogP contribution >= 0.6 is 12.4 Å². The highest BCUT2D eigenvalue weighted by atomic mass is 35.5. The molecule has 0 aliphatic carbocycles. The Morgan fingerprint density at radius 3 is 2.44 bits per heavy atom. The monoisotopic (exact) mass is 244 g/mol. The first-order valence-corrected chi connectivity index (χ1v) is 4.77. The van der Waals surface area contributed by atoms with Gasteiger partial charge in [0.1, 0.15) is 12.4 Å². The Hall–Kier alpha value is -1.26. The van der Waals surface area contributed by atoms with E-state index in [9.17, 15) is 0 Å². The number of oxime groups is 1. The zero-order valence-electron chi connectivity index (χ0n) is 9.46. The standard InChI is InChI=1S/C11H16N2O2.ClH/c1-13(2)7-8-15-11-5-3-10(4-6-11)9-12-14;/h3-6,9,14H,7-8H2,1-2H3;1H/b12-9+;. The maximum Gasteiger partial charge on any atom is 0.119 e. The molecule has 1 aromatic carbocycles. The van der Waals surface area contributed by atoms with Crippen LogP contribution in [-0.2, 0) is 0 Å². The number of benzene rings is 1. The summed E-state index contributed by atoms with van der Waals surface area (Å²) in [6.45, 7) is 1.56. The zero-order valence-corrected chi connectivity index (χ0v) is 10.3. The number of rotatable bonds is 5. The number of nitrogens with zero attached hydrogens (tertiary/aromatic N) is 2. The molecular weight excluding hydrogens is 228 g/mol. The van der Waals surface area contributed by atoms with Crippen molar-refractivity contribution in [2.75, 3.05) is 27.2 Å². The molecule has 0 bridgehead atoms. The summed E-state index contributed by atoms with van der Waals surface area (Å²) < 4.78 is 5.50. The summed E-state index contributed by atoms with van der Waals surface area (Å²) in [6.07, 6.45) is 1.38. The molecule has 0 spiro atoms. The van der Waals surface area contributed by atoms with E-state index >= 15 is 0 Å². The topological polar surface area (TPSA) is 45.1 Å². The summed E-state index contributed by atoms with van der Waals surface area (Å²) in [5.74, 6) is 0.826.